The summed E-state index contributed by atoms with van der Waals surface area (Å²) in [5.74, 6) is 1.06. The maximum absolute atomic E-state index is 12.3. The van der Waals surface area contributed by atoms with Gasteiger partial charge in [-0.1, -0.05) is 19.3 Å². The third-order valence-electron chi connectivity index (χ3n) is 5.51. The quantitative estimate of drug-likeness (QED) is 0.740. The van der Waals surface area contributed by atoms with Crippen LogP contribution >= 0.6 is 0 Å². The summed E-state index contributed by atoms with van der Waals surface area (Å²) in [6.07, 6.45) is 8.96. The second-order valence-electron chi connectivity index (χ2n) is 7.62. The zero-order valence-electron chi connectivity index (χ0n) is 15.6. The van der Waals surface area contributed by atoms with Crippen LogP contribution in [-0.4, -0.2) is 54.4 Å². The van der Waals surface area contributed by atoms with E-state index in [1.54, 1.807) is 6.26 Å². The van der Waals surface area contributed by atoms with Gasteiger partial charge in [-0.15, -0.1) is 0 Å². The highest BCUT2D eigenvalue weighted by Crippen LogP contribution is 2.21. The summed E-state index contributed by atoms with van der Waals surface area (Å²) in [7, 11) is 0. The first kappa shape index (κ1) is 19.4. The van der Waals surface area contributed by atoms with Gasteiger partial charge in [0.25, 0.3) is 0 Å². The topological polar surface area (TPSA) is 74.9 Å². The summed E-state index contributed by atoms with van der Waals surface area (Å²) in [6, 6.07) is 3.88. The number of ether oxygens (including phenoxy) is 1. The molecular weight excluding hydrogens is 332 g/mol. The molecule has 6 heteroatoms. The molecule has 2 heterocycles. The molecule has 0 bridgehead atoms. The van der Waals surface area contributed by atoms with Crippen molar-refractivity contribution in [3.63, 3.8) is 0 Å². The van der Waals surface area contributed by atoms with Crippen molar-refractivity contribution in [1.82, 2.24) is 10.2 Å². The number of carbonyl (C=O) groups is 1. The molecule has 1 saturated heterocycles. The van der Waals surface area contributed by atoms with Crippen LogP contribution in [0.4, 0.5) is 0 Å². The number of rotatable bonds is 8. The molecule has 0 aromatic carbocycles. The van der Waals surface area contributed by atoms with Crippen LogP contribution in [0, 0.1) is 5.92 Å². The maximum atomic E-state index is 12.3. The largest absolute Gasteiger partial charge is 0.468 e. The molecule has 6 nitrogen and oxygen atoms in total. The molecule has 1 amide bonds. The summed E-state index contributed by atoms with van der Waals surface area (Å²) in [4.78, 5) is 14.6. The lowest BCUT2D eigenvalue weighted by molar-refractivity contribution is -0.127. The molecular formula is C20H32N2O4. The van der Waals surface area contributed by atoms with Crippen LogP contribution < -0.4 is 5.32 Å². The zero-order chi connectivity index (χ0) is 18.2. The van der Waals surface area contributed by atoms with Gasteiger partial charge in [-0.2, -0.15) is 0 Å². The molecule has 0 spiro atoms. The van der Waals surface area contributed by atoms with Crippen LogP contribution in [0.2, 0.25) is 0 Å². The molecule has 1 aromatic rings. The summed E-state index contributed by atoms with van der Waals surface area (Å²) >= 11 is 0. The highest BCUT2D eigenvalue weighted by Gasteiger charge is 2.25. The first-order chi connectivity index (χ1) is 12.7. The number of furan rings is 1. The maximum Gasteiger partial charge on any atom is 0.223 e. The second kappa shape index (κ2) is 10.1. The van der Waals surface area contributed by atoms with Gasteiger partial charge >= 0.3 is 0 Å². The zero-order valence-corrected chi connectivity index (χ0v) is 15.6. The Morgan fingerprint density at radius 2 is 2.04 bits per heavy atom. The molecule has 26 heavy (non-hydrogen) atoms. The standard InChI is InChI=1S/C20H32N2O4/c23-17(15-26-18-5-2-1-3-6-18)13-21-20(24)16-8-10-22(11-9-16)14-19-7-4-12-25-19/h4,7,12,16-18,23H,1-3,5-6,8-11,13-15H2,(H,21,24)/t17-/m1/s1. The van der Waals surface area contributed by atoms with Crippen LogP contribution in [0.3, 0.4) is 0 Å². The number of aliphatic hydroxyl groups excluding tert-OH is 1. The van der Waals surface area contributed by atoms with Gasteiger partial charge < -0.3 is 19.6 Å². The minimum atomic E-state index is -0.625. The minimum Gasteiger partial charge on any atom is -0.468 e. The van der Waals surface area contributed by atoms with Crippen molar-refractivity contribution in [3.05, 3.63) is 24.2 Å². The molecule has 0 unspecified atom stereocenters. The van der Waals surface area contributed by atoms with E-state index >= 15 is 0 Å². The van der Waals surface area contributed by atoms with Crippen LogP contribution in [0.25, 0.3) is 0 Å². The Labute approximate surface area is 155 Å². The highest BCUT2D eigenvalue weighted by molar-refractivity contribution is 5.78. The Bertz CT molecular complexity index is 520. The van der Waals surface area contributed by atoms with E-state index in [9.17, 15) is 9.90 Å². The van der Waals surface area contributed by atoms with Crippen molar-refractivity contribution in [2.75, 3.05) is 26.2 Å². The van der Waals surface area contributed by atoms with Crippen molar-refractivity contribution in [2.45, 2.75) is 63.7 Å². The smallest absolute Gasteiger partial charge is 0.223 e. The summed E-state index contributed by atoms with van der Waals surface area (Å²) in [5, 5.41) is 12.9. The summed E-state index contributed by atoms with van der Waals surface area (Å²) < 4.78 is 11.2. The van der Waals surface area contributed by atoms with Crippen molar-refractivity contribution in [2.24, 2.45) is 5.92 Å². The number of nitrogens with one attached hydrogen (secondary N) is 1. The highest BCUT2D eigenvalue weighted by atomic mass is 16.5. The van der Waals surface area contributed by atoms with Crippen molar-refractivity contribution >= 4 is 5.91 Å². The average Bonchev–Trinajstić information content (AvgIpc) is 3.19. The van der Waals surface area contributed by atoms with Crippen molar-refractivity contribution in [3.8, 4) is 0 Å². The van der Waals surface area contributed by atoms with Crippen molar-refractivity contribution in [1.29, 1.82) is 0 Å². The molecule has 1 aliphatic carbocycles. The predicted molar refractivity (Wildman–Crippen MR) is 98.6 cm³/mol. The normalized spacial score (nSPS) is 21.6. The van der Waals surface area contributed by atoms with Crippen LogP contribution in [0.15, 0.2) is 22.8 Å². The monoisotopic (exact) mass is 364 g/mol. The van der Waals surface area contributed by atoms with E-state index in [4.69, 9.17) is 9.15 Å². The lowest BCUT2D eigenvalue weighted by Crippen LogP contribution is -2.43. The molecule has 146 valence electrons. The van der Waals surface area contributed by atoms with E-state index in [0.29, 0.717) is 6.61 Å². The second-order valence-corrected chi connectivity index (χ2v) is 7.62. The number of nitrogens with zero attached hydrogens (tertiary/aromatic N) is 1. The van der Waals surface area contributed by atoms with E-state index in [1.807, 2.05) is 12.1 Å². The van der Waals surface area contributed by atoms with Gasteiger partial charge in [0.2, 0.25) is 5.91 Å². The third kappa shape index (κ3) is 6.11. The number of carbonyl (C=O) groups excluding carboxylic acids is 1. The van der Waals surface area contributed by atoms with Gasteiger partial charge in [-0.05, 0) is 50.9 Å². The molecule has 1 aromatic heterocycles. The molecule has 2 aliphatic rings. The Balaban J connectivity index is 1.28. The van der Waals surface area contributed by atoms with Gasteiger partial charge in [-0.3, -0.25) is 9.69 Å². The van der Waals surface area contributed by atoms with E-state index in [1.165, 1.54) is 19.3 Å². The van der Waals surface area contributed by atoms with Crippen LogP contribution in [-0.2, 0) is 16.1 Å². The predicted octanol–water partition coefficient (Wildman–Crippen LogP) is 2.32. The molecule has 1 atom stereocenters. The molecule has 1 aliphatic heterocycles. The van der Waals surface area contributed by atoms with E-state index < -0.39 is 6.10 Å². The van der Waals surface area contributed by atoms with Gasteiger partial charge in [0.15, 0.2) is 0 Å². The van der Waals surface area contributed by atoms with E-state index in [2.05, 4.69) is 10.2 Å². The number of piperidine rings is 1. The third-order valence-corrected chi connectivity index (χ3v) is 5.51. The average molecular weight is 364 g/mol. The molecule has 2 fully saturated rings. The summed E-state index contributed by atoms with van der Waals surface area (Å²) in [5.41, 5.74) is 0. The first-order valence-electron chi connectivity index (χ1n) is 10.0. The van der Waals surface area contributed by atoms with Crippen LogP contribution in [0.5, 0.6) is 0 Å². The summed E-state index contributed by atoms with van der Waals surface area (Å²) in [6.45, 7) is 3.18. The van der Waals surface area contributed by atoms with E-state index in [0.717, 1.165) is 51.1 Å². The van der Waals surface area contributed by atoms with Gasteiger partial charge in [-0.25, -0.2) is 0 Å². The Kier molecular flexibility index (Phi) is 7.53. The number of aliphatic hydroxyl groups is 1. The van der Waals surface area contributed by atoms with E-state index in [-0.39, 0.29) is 24.5 Å². The van der Waals surface area contributed by atoms with Crippen molar-refractivity contribution < 1.29 is 19.1 Å². The Morgan fingerprint density at radius 3 is 2.73 bits per heavy atom. The number of hydrogen-bond donors (Lipinski definition) is 2. The van der Waals surface area contributed by atoms with Gasteiger partial charge in [0, 0.05) is 12.5 Å². The minimum absolute atomic E-state index is 0.0364. The fraction of sp³-hybridized carbons (Fsp3) is 0.750. The number of amides is 1. The molecule has 3 rings (SSSR count). The SMILES string of the molecule is O=C(NC[C@@H](O)COC1CCCCC1)C1CCN(Cc2ccco2)CC1. The van der Waals surface area contributed by atoms with Gasteiger partial charge in [0.05, 0.1) is 31.6 Å². The Morgan fingerprint density at radius 1 is 1.27 bits per heavy atom. The molecule has 2 N–H and O–H groups in total. The molecule has 0 radical (unpaired) electrons. The lowest BCUT2D eigenvalue weighted by atomic mass is 9.96. The number of likely N-dealkylation sites (tertiary alicyclic amines) is 1. The van der Waals surface area contributed by atoms with Gasteiger partial charge in [0.1, 0.15) is 5.76 Å². The lowest BCUT2D eigenvalue weighted by Gasteiger charge is -2.30. The number of hydrogen-bond acceptors (Lipinski definition) is 5. The first-order valence-corrected chi connectivity index (χ1v) is 10.0. The molecule has 1 saturated carbocycles. The fourth-order valence-electron chi connectivity index (χ4n) is 3.88. The van der Waals surface area contributed by atoms with Crippen LogP contribution in [0.1, 0.15) is 50.7 Å². The Hall–Kier alpha value is -1.37. The fourth-order valence-corrected chi connectivity index (χ4v) is 3.88.